The predicted molar refractivity (Wildman–Crippen MR) is 46.7 cm³/mol. The molecular formula is C10H10OW. The van der Waals surface area contributed by atoms with Crippen LogP contribution in [0.25, 0.3) is 0 Å². The van der Waals surface area contributed by atoms with Crippen molar-refractivity contribution in [2.75, 3.05) is 6.61 Å². The average Bonchev–Trinajstić information content (AvgIpc) is 2.15. The molecule has 2 heteroatoms. The van der Waals surface area contributed by atoms with Crippen molar-refractivity contribution in [2.24, 2.45) is 0 Å². The van der Waals surface area contributed by atoms with Crippen LogP contribution >= 0.6 is 0 Å². The van der Waals surface area contributed by atoms with Gasteiger partial charge in [-0.25, -0.2) is 0 Å². The maximum atomic E-state index is 5.41. The molecule has 0 unspecified atom stereocenters. The molecule has 0 aliphatic rings. The third-order valence-electron chi connectivity index (χ3n) is 1.34. The van der Waals surface area contributed by atoms with Crippen molar-refractivity contribution in [3.63, 3.8) is 0 Å². The molecule has 0 fully saturated rings. The van der Waals surface area contributed by atoms with Crippen molar-refractivity contribution < 1.29 is 24.1 Å². The zero-order valence-electron chi connectivity index (χ0n) is 6.69. The summed E-state index contributed by atoms with van der Waals surface area (Å²) in [5.41, 5.74) is 1.16. The van der Waals surface area contributed by atoms with Crippen LogP contribution in [0.4, 0.5) is 0 Å². The van der Waals surface area contributed by atoms with Gasteiger partial charge in [0, 0.05) is 0 Å². The van der Waals surface area contributed by atoms with E-state index in [1.807, 2.05) is 30.3 Å². The molecule has 0 bridgehead atoms. The SMILES string of the molecule is C=CCO[C](=[W])c1ccccc1. The Labute approximate surface area is 83.5 Å². The fourth-order valence-electron chi connectivity index (χ4n) is 0.792. The molecule has 0 spiro atoms. The summed E-state index contributed by atoms with van der Waals surface area (Å²) in [5, 5.41) is 0. The average molecular weight is 330 g/mol. The molecule has 0 aliphatic carbocycles. The fourth-order valence-corrected chi connectivity index (χ4v) is 1.53. The van der Waals surface area contributed by atoms with Crippen LogP contribution in [-0.4, -0.2) is 10.7 Å². The van der Waals surface area contributed by atoms with Crippen LogP contribution in [-0.2, 0) is 24.1 Å². The first-order valence-electron chi connectivity index (χ1n) is 3.67. The molecule has 0 N–H and O–H groups in total. The quantitative estimate of drug-likeness (QED) is 0.767. The summed E-state index contributed by atoms with van der Waals surface area (Å²) >= 11 is 1.35. The number of hydrogen-bond acceptors (Lipinski definition) is 1. The van der Waals surface area contributed by atoms with Crippen LogP contribution < -0.4 is 0 Å². The summed E-state index contributed by atoms with van der Waals surface area (Å²) in [4.78, 5) is 0. The number of hydrogen-bond donors (Lipinski definition) is 0. The first-order chi connectivity index (χ1) is 5.84. The van der Waals surface area contributed by atoms with E-state index in [1.54, 1.807) is 6.08 Å². The van der Waals surface area contributed by atoms with E-state index >= 15 is 0 Å². The summed E-state index contributed by atoms with van der Waals surface area (Å²) in [6.07, 6.45) is 1.76. The first-order valence-corrected chi connectivity index (χ1v) is 5.14. The van der Waals surface area contributed by atoms with Crippen molar-refractivity contribution in [3.8, 4) is 0 Å². The van der Waals surface area contributed by atoms with Crippen molar-refractivity contribution in [1.82, 2.24) is 0 Å². The van der Waals surface area contributed by atoms with Gasteiger partial charge in [-0.3, -0.25) is 0 Å². The van der Waals surface area contributed by atoms with Crippen LogP contribution in [0.3, 0.4) is 0 Å². The van der Waals surface area contributed by atoms with E-state index in [9.17, 15) is 0 Å². The molecule has 1 aromatic carbocycles. The van der Waals surface area contributed by atoms with Gasteiger partial charge in [-0.2, -0.15) is 0 Å². The monoisotopic (exact) mass is 330 g/mol. The van der Waals surface area contributed by atoms with Gasteiger partial charge in [0.1, 0.15) is 0 Å². The molecular weight excluding hydrogens is 320 g/mol. The fraction of sp³-hybridized carbons (Fsp3) is 0.100. The van der Waals surface area contributed by atoms with Crippen LogP contribution in [0.5, 0.6) is 0 Å². The Balaban J connectivity index is 2.59. The van der Waals surface area contributed by atoms with E-state index in [0.717, 1.165) is 9.65 Å². The van der Waals surface area contributed by atoms with Crippen LogP contribution in [0.2, 0.25) is 0 Å². The summed E-state index contributed by atoms with van der Waals surface area (Å²) in [5.74, 6) is 0. The second kappa shape index (κ2) is 5.18. The Bertz CT molecular complexity index is 266. The van der Waals surface area contributed by atoms with Gasteiger partial charge in [0.05, 0.1) is 0 Å². The zero-order chi connectivity index (χ0) is 8.81. The Kier molecular flexibility index (Phi) is 4.13. The van der Waals surface area contributed by atoms with Crippen molar-refractivity contribution >= 4 is 4.08 Å². The van der Waals surface area contributed by atoms with E-state index in [1.165, 1.54) is 19.4 Å². The number of rotatable bonds is 4. The predicted octanol–water partition coefficient (Wildman–Crippen LogP) is 1.91. The molecule has 12 heavy (non-hydrogen) atoms. The van der Waals surface area contributed by atoms with Gasteiger partial charge in [0.15, 0.2) is 0 Å². The van der Waals surface area contributed by atoms with Crippen molar-refractivity contribution in [3.05, 3.63) is 48.6 Å². The Morgan fingerprint density at radius 1 is 1.42 bits per heavy atom. The van der Waals surface area contributed by atoms with Gasteiger partial charge in [-0.15, -0.1) is 0 Å². The number of ether oxygens (including phenoxy) is 1. The summed E-state index contributed by atoms with van der Waals surface area (Å²) in [6, 6.07) is 10.1. The van der Waals surface area contributed by atoms with E-state index in [4.69, 9.17) is 4.74 Å². The van der Waals surface area contributed by atoms with E-state index in [2.05, 4.69) is 6.58 Å². The second-order valence-electron chi connectivity index (χ2n) is 2.25. The third-order valence-corrected chi connectivity index (χ3v) is 2.61. The van der Waals surface area contributed by atoms with Gasteiger partial charge in [-0.1, -0.05) is 0 Å². The van der Waals surface area contributed by atoms with Crippen molar-refractivity contribution in [1.29, 1.82) is 0 Å². The maximum absolute atomic E-state index is 5.41. The first kappa shape index (κ1) is 9.57. The molecule has 0 radical (unpaired) electrons. The minimum absolute atomic E-state index is 0.591. The summed E-state index contributed by atoms with van der Waals surface area (Å²) in [7, 11) is 0. The van der Waals surface area contributed by atoms with Gasteiger partial charge in [-0.05, 0) is 0 Å². The molecule has 0 aliphatic heterocycles. The molecule has 0 saturated heterocycles. The molecule has 0 aromatic heterocycles. The van der Waals surface area contributed by atoms with Crippen molar-refractivity contribution in [2.45, 2.75) is 0 Å². The van der Waals surface area contributed by atoms with E-state index in [-0.39, 0.29) is 0 Å². The van der Waals surface area contributed by atoms with Gasteiger partial charge in [0.2, 0.25) is 0 Å². The molecule has 0 atom stereocenters. The topological polar surface area (TPSA) is 9.23 Å². The van der Waals surface area contributed by atoms with Gasteiger partial charge >= 0.3 is 83.3 Å². The van der Waals surface area contributed by atoms with Crippen LogP contribution in [0, 0.1) is 0 Å². The molecule has 1 aromatic rings. The van der Waals surface area contributed by atoms with E-state index < -0.39 is 0 Å². The minimum atomic E-state index is 0.591. The third kappa shape index (κ3) is 2.84. The molecule has 1 rings (SSSR count). The van der Waals surface area contributed by atoms with Crippen LogP contribution in [0.15, 0.2) is 43.0 Å². The van der Waals surface area contributed by atoms with Gasteiger partial charge < -0.3 is 0 Å². The Morgan fingerprint density at radius 2 is 2.08 bits per heavy atom. The standard InChI is InChI=1S/C10H10O.W/c1-2-8-11-9-10-6-4-3-5-7-10;/h2-7H,1,8H2;. The zero-order valence-corrected chi connectivity index (χ0v) is 9.63. The molecule has 1 nitrogen and oxygen atoms in total. The summed E-state index contributed by atoms with van der Waals surface area (Å²) in [6.45, 7) is 4.19. The number of benzene rings is 1. The summed E-state index contributed by atoms with van der Waals surface area (Å²) < 4.78 is 6.44. The van der Waals surface area contributed by atoms with E-state index in [0.29, 0.717) is 6.61 Å². The Morgan fingerprint density at radius 3 is 2.67 bits per heavy atom. The van der Waals surface area contributed by atoms with Crippen LogP contribution in [0.1, 0.15) is 5.56 Å². The Hall–Kier alpha value is -0.522. The van der Waals surface area contributed by atoms with Gasteiger partial charge in [0.25, 0.3) is 0 Å². The molecule has 62 valence electrons. The second-order valence-corrected chi connectivity index (χ2v) is 3.59. The molecule has 0 saturated carbocycles. The molecule has 0 heterocycles. The molecule has 0 amide bonds. The normalized spacial score (nSPS) is 9.33.